The highest BCUT2D eigenvalue weighted by molar-refractivity contribution is 7.09. The number of rotatable bonds is 5. The summed E-state index contributed by atoms with van der Waals surface area (Å²) in [5, 5.41) is 12.9. The van der Waals surface area contributed by atoms with Crippen LogP contribution in [0.5, 0.6) is 0 Å². The highest BCUT2D eigenvalue weighted by atomic mass is 32.1. The van der Waals surface area contributed by atoms with E-state index in [0.29, 0.717) is 11.6 Å². The summed E-state index contributed by atoms with van der Waals surface area (Å²) in [5.74, 6) is -0.995. The van der Waals surface area contributed by atoms with E-state index in [1.165, 1.54) is 16.7 Å². The van der Waals surface area contributed by atoms with E-state index in [1.807, 2.05) is 5.06 Å². The van der Waals surface area contributed by atoms with Gasteiger partial charge in [0, 0.05) is 18.5 Å². The van der Waals surface area contributed by atoms with Crippen molar-refractivity contribution in [3.63, 3.8) is 0 Å². The molecule has 2 rings (SSSR count). The van der Waals surface area contributed by atoms with Crippen molar-refractivity contribution in [1.82, 2.24) is 10.0 Å². The van der Waals surface area contributed by atoms with E-state index < -0.39 is 5.97 Å². The molecule has 1 aromatic heterocycles. The highest BCUT2D eigenvalue weighted by Crippen LogP contribution is 2.17. The van der Waals surface area contributed by atoms with Crippen LogP contribution in [0.2, 0.25) is 0 Å². The maximum atomic E-state index is 10.7. The van der Waals surface area contributed by atoms with Gasteiger partial charge in [-0.25, -0.2) is 9.78 Å². The van der Waals surface area contributed by atoms with E-state index in [9.17, 15) is 4.79 Å². The Morgan fingerprint density at radius 1 is 1.61 bits per heavy atom. The summed E-state index contributed by atoms with van der Waals surface area (Å²) in [7, 11) is 1.67. The molecule has 0 aromatic carbocycles. The van der Waals surface area contributed by atoms with Crippen LogP contribution in [0, 0.1) is 0 Å². The standard InChI is InChI=1S/C11H16N2O4S/c1-16-13-4-2-8(3-5-13)17-6-10-12-9(7-18-10)11(14)15/h7-8H,2-6H2,1H3,(H,14,15). The number of piperidine rings is 1. The van der Waals surface area contributed by atoms with Gasteiger partial charge in [0.2, 0.25) is 0 Å². The Kier molecular flexibility index (Phi) is 4.65. The summed E-state index contributed by atoms with van der Waals surface area (Å²) in [6.45, 7) is 2.11. The first-order valence-corrected chi connectivity index (χ1v) is 6.65. The number of carboxylic acids is 1. The Morgan fingerprint density at radius 3 is 2.89 bits per heavy atom. The summed E-state index contributed by atoms with van der Waals surface area (Å²) in [6, 6.07) is 0. The molecular formula is C11H16N2O4S. The van der Waals surface area contributed by atoms with Gasteiger partial charge in [0.15, 0.2) is 5.69 Å². The number of aromatic nitrogens is 1. The van der Waals surface area contributed by atoms with Crippen molar-refractivity contribution in [2.45, 2.75) is 25.6 Å². The molecule has 1 aliphatic rings. The van der Waals surface area contributed by atoms with Crippen LogP contribution < -0.4 is 0 Å². The molecule has 1 fully saturated rings. The van der Waals surface area contributed by atoms with Crippen molar-refractivity contribution in [2.24, 2.45) is 0 Å². The molecule has 7 heteroatoms. The molecule has 18 heavy (non-hydrogen) atoms. The van der Waals surface area contributed by atoms with Crippen LogP contribution in [-0.2, 0) is 16.2 Å². The van der Waals surface area contributed by atoms with Gasteiger partial charge < -0.3 is 14.7 Å². The van der Waals surface area contributed by atoms with Crippen LogP contribution in [-0.4, -0.2) is 47.4 Å². The van der Waals surface area contributed by atoms with Gasteiger partial charge in [-0.15, -0.1) is 11.3 Å². The first-order valence-electron chi connectivity index (χ1n) is 5.77. The molecule has 0 amide bonds. The molecule has 0 radical (unpaired) electrons. The van der Waals surface area contributed by atoms with Gasteiger partial charge in [-0.2, -0.15) is 5.06 Å². The molecule has 0 unspecified atom stereocenters. The van der Waals surface area contributed by atoms with Gasteiger partial charge in [0.25, 0.3) is 0 Å². The van der Waals surface area contributed by atoms with E-state index in [0.717, 1.165) is 25.9 Å². The van der Waals surface area contributed by atoms with Gasteiger partial charge in [0.05, 0.1) is 19.8 Å². The normalized spacial score (nSPS) is 18.1. The molecule has 1 aromatic rings. The minimum atomic E-state index is -0.995. The maximum absolute atomic E-state index is 10.7. The number of nitrogens with zero attached hydrogens (tertiary/aromatic N) is 2. The summed E-state index contributed by atoms with van der Waals surface area (Å²) >= 11 is 1.32. The first kappa shape index (κ1) is 13.4. The van der Waals surface area contributed by atoms with Gasteiger partial charge in [0.1, 0.15) is 5.01 Å². The summed E-state index contributed by atoms with van der Waals surface area (Å²) < 4.78 is 5.73. The topological polar surface area (TPSA) is 71.9 Å². The Morgan fingerprint density at radius 2 is 2.33 bits per heavy atom. The van der Waals surface area contributed by atoms with E-state index in [1.54, 1.807) is 7.11 Å². The van der Waals surface area contributed by atoms with Crippen LogP contribution in [0.3, 0.4) is 0 Å². The van der Waals surface area contributed by atoms with Gasteiger partial charge in [-0.05, 0) is 12.8 Å². The van der Waals surface area contributed by atoms with Crippen LogP contribution in [0.1, 0.15) is 28.3 Å². The third-order valence-corrected chi connectivity index (χ3v) is 3.69. The van der Waals surface area contributed by atoms with Crippen molar-refractivity contribution >= 4 is 17.3 Å². The first-order chi connectivity index (χ1) is 8.69. The maximum Gasteiger partial charge on any atom is 0.355 e. The minimum Gasteiger partial charge on any atom is -0.476 e. The molecule has 6 nitrogen and oxygen atoms in total. The second-order valence-electron chi connectivity index (χ2n) is 4.05. The molecule has 0 saturated carbocycles. The summed E-state index contributed by atoms with van der Waals surface area (Å²) in [4.78, 5) is 19.8. The Bertz CT molecular complexity index is 402. The number of carboxylic acid groups (broad SMARTS) is 1. The average molecular weight is 272 g/mol. The smallest absolute Gasteiger partial charge is 0.355 e. The third kappa shape index (κ3) is 3.49. The molecule has 1 saturated heterocycles. The number of thiazole rings is 1. The van der Waals surface area contributed by atoms with E-state index in [4.69, 9.17) is 14.7 Å². The largest absolute Gasteiger partial charge is 0.476 e. The fraction of sp³-hybridized carbons (Fsp3) is 0.636. The zero-order chi connectivity index (χ0) is 13.0. The van der Waals surface area contributed by atoms with Crippen LogP contribution in [0.25, 0.3) is 0 Å². The van der Waals surface area contributed by atoms with Crippen LogP contribution in [0.4, 0.5) is 0 Å². The van der Waals surface area contributed by atoms with Crippen molar-refractivity contribution < 1.29 is 19.5 Å². The fourth-order valence-corrected chi connectivity index (χ4v) is 2.53. The molecule has 0 aliphatic carbocycles. The SMILES string of the molecule is CON1CCC(OCc2nc(C(=O)O)cs2)CC1. The number of aromatic carboxylic acids is 1. The number of hydrogen-bond acceptors (Lipinski definition) is 6. The summed E-state index contributed by atoms with van der Waals surface area (Å²) in [6.07, 6.45) is 2.05. The van der Waals surface area contributed by atoms with E-state index in [2.05, 4.69) is 4.98 Å². The molecule has 1 aliphatic heterocycles. The monoisotopic (exact) mass is 272 g/mol. The number of hydrogen-bond donors (Lipinski definition) is 1. The molecular weight excluding hydrogens is 256 g/mol. The Hall–Kier alpha value is -1.02. The van der Waals surface area contributed by atoms with Gasteiger partial charge >= 0.3 is 5.97 Å². The van der Waals surface area contributed by atoms with Crippen molar-refractivity contribution in [1.29, 1.82) is 0 Å². The van der Waals surface area contributed by atoms with E-state index in [-0.39, 0.29) is 11.8 Å². The summed E-state index contributed by atoms with van der Waals surface area (Å²) in [5.41, 5.74) is 0.0906. The fourth-order valence-electron chi connectivity index (χ4n) is 1.85. The Balaban J connectivity index is 1.76. The molecule has 1 N–H and O–H groups in total. The molecule has 0 atom stereocenters. The number of hydroxylamine groups is 2. The average Bonchev–Trinajstić information content (AvgIpc) is 2.86. The van der Waals surface area contributed by atoms with Crippen LogP contribution >= 0.6 is 11.3 Å². The third-order valence-electron chi connectivity index (χ3n) is 2.87. The quantitative estimate of drug-likeness (QED) is 0.873. The highest BCUT2D eigenvalue weighted by Gasteiger charge is 2.20. The molecule has 0 bridgehead atoms. The lowest BCUT2D eigenvalue weighted by Gasteiger charge is -2.29. The molecule has 100 valence electrons. The van der Waals surface area contributed by atoms with Gasteiger partial charge in [-0.1, -0.05) is 0 Å². The Labute approximate surface area is 109 Å². The van der Waals surface area contributed by atoms with E-state index >= 15 is 0 Å². The second kappa shape index (κ2) is 6.24. The van der Waals surface area contributed by atoms with Crippen molar-refractivity contribution in [3.05, 3.63) is 16.1 Å². The number of ether oxygens (including phenoxy) is 1. The van der Waals surface area contributed by atoms with Crippen molar-refractivity contribution in [2.75, 3.05) is 20.2 Å². The lowest BCUT2D eigenvalue weighted by molar-refractivity contribution is -0.161. The second-order valence-corrected chi connectivity index (χ2v) is 5.00. The zero-order valence-electron chi connectivity index (χ0n) is 10.2. The molecule has 0 spiro atoms. The van der Waals surface area contributed by atoms with Gasteiger partial charge in [-0.3, -0.25) is 0 Å². The minimum absolute atomic E-state index is 0.0906. The van der Waals surface area contributed by atoms with Crippen molar-refractivity contribution in [3.8, 4) is 0 Å². The zero-order valence-corrected chi connectivity index (χ0v) is 11.0. The molecule has 2 heterocycles. The lowest BCUT2D eigenvalue weighted by atomic mass is 10.1. The predicted octanol–water partition coefficient (Wildman–Crippen LogP) is 1.38. The number of carbonyl (C=O) groups is 1. The predicted molar refractivity (Wildman–Crippen MR) is 65.5 cm³/mol. The van der Waals surface area contributed by atoms with Crippen LogP contribution in [0.15, 0.2) is 5.38 Å². The lowest BCUT2D eigenvalue weighted by Crippen LogP contribution is -2.36.